The predicted octanol–water partition coefficient (Wildman–Crippen LogP) is 4.82. The summed E-state index contributed by atoms with van der Waals surface area (Å²) in [5, 5.41) is 25.4. The van der Waals surface area contributed by atoms with Gasteiger partial charge in [-0.05, 0) is 31.5 Å². The number of carbonyl (C=O) groups excluding carboxylic acids is 1. The molecule has 3 rings (SSSR count). The number of Topliss-reactive ketones (excluding diaryl/α,β-unsaturated/α-hetero) is 1. The lowest BCUT2D eigenvalue weighted by Gasteiger charge is -2.29. The minimum Gasteiger partial charge on any atom is -0.497 e. The van der Waals surface area contributed by atoms with E-state index in [0.717, 1.165) is 11.3 Å². The largest absolute Gasteiger partial charge is 0.497 e. The average Bonchev–Trinajstić information content (AvgIpc) is 2.76. The Kier molecular flexibility index (Phi) is 6.78. The highest BCUT2D eigenvalue weighted by molar-refractivity contribution is 8.02. The minimum atomic E-state index is -0.807. The molecule has 1 N–H and O–H groups in total. The number of ketones is 1. The van der Waals surface area contributed by atoms with Gasteiger partial charge in [0.05, 0.1) is 34.6 Å². The van der Waals surface area contributed by atoms with Crippen LogP contribution in [0.3, 0.4) is 0 Å². The fourth-order valence-corrected chi connectivity index (χ4v) is 4.65. The van der Waals surface area contributed by atoms with E-state index in [2.05, 4.69) is 11.4 Å². The van der Waals surface area contributed by atoms with Crippen molar-refractivity contribution in [2.75, 3.05) is 7.11 Å². The smallest absolute Gasteiger partial charge is 0.273 e. The monoisotopic (exact) mass is 435 g/mol. The zero-order chi connectivity index (χ0) is 22.5. The highest BCUT2D eigenvalue weighted by atomic mass is 32.2. The lowest BCUT2D eigenvalue weighted by atomic mass is 9.80. The minimum absolute atomic E-state index is 0.120. The second kappa shape index (κ2) is 9.49. The molecule has 31 heavy (non-hydrogen) atoms. The van der Waals surface area contributed by atoms with Crippen LogP contribution >= 0.6 is 11.8 Å². The molecule has 2 aromatic carbocycles. The van der Waals surface area contributed by atoms with Crippen LogP contribution in [0.1, 0.15) is 30.9 Å². The molecule has 0 amide bonds. The van der Waals surface area contributed by atoms with E-state index >= 15 is 0 Å². The molecule has 1 heterocycles. The maximum Gasteiger partial charge on any atom is 0.273 e. The molecule has 0 fully saturated rings. The van der Waals surface area contributed by atoms with Gasteiger partial charge in [0.15, 0.2) is 5.78 Å². The molecule has 7 nitrogen and oxygen atoms in total. The summed E-state index contributed by atoms with van der Waals surface area (Å²) in [5.41, 5.74) is 2.44. The molecule has 0 radical (unpaired) electrons. The molecule has 1 atom stereocenters. The van der Waals surface area contributed by atoms with Gasteiger partial charge in [0.1, 0.15) is 5.75 Å². The highest BCUT2D eigenvalue weighted by Gasteiger charge is 2.36. The fraction of sp³-hybridized carbons (Fsp3) is 0.217. The Balaban J connectivity index is 2.07. The summed E-state index contributed by atoms with van der Waals surface area (Å²) in [5.74, 6) is 0.240. The van der Waals surface area contributed by atoms with Crippen molar-refractivity contribution >= 4 is 23.2 Å². The molecule has 1 aliphatic heterocycles. The second-order valence-electron chi connectivity index (χ2n) is 6.96. The first-order chi connectivity index (χ1) is 14.9. The van der Waals surface area contributed by atoms with Gasteiger partial charge < -0.3 is 10.1 Å². The summed E-state index contributed by atoms with van der Waals surface area (Å²) < 4.78 is 5.26. The number of nitro benzene ring substituents is 1. The molecular formula is C23H21N3O4S. The normalized spacial score (nSPS) is 15.9. The van der Waals surface area contributed by atoms with Gasteiger partial charge in [-0.1, -0.05) is 30.3 Å². The third-order valence-corrected chi connectivity index (χ3v) is 6.08. The van der Waals surface area contributed by atoms with E-state index in [1.54, 1.807) is 32.2 Å². The van der Waals surface area contributed by atoms with Crippen LogP contribution in [0.4, 0.5) is 5.69 Å². The van der Waals surface area contributed by atoms with Gasteiger partial charge in [-0.2, -0.15) is 5.26 Å². The molecule has 0 aromatic heterocycles. The number of hydrogen-bond donors (Lipinski definition) is 1. The molecule has 0 aliphatic carbocycles. The summed E-state index contributed by atoms with van der Waals surface area (Å²) in [7, 11) is 1.60. The van der Waals surface area contributed by atoms with Crippen molar-refractivity contribution in [2.45, 2.75) is 25.5 Å². The van der Waals surface area contributed by atoms with E-state index in [4.69, 9.17) is 4.74 Å². The zero-order valence-corrected chi connectivity index (χ0v) is 18.2. The topological polar surface area (TPSA) is 105 Å². The number of nitriles is 1. The summed E-state index contributed by atoms with van der Waals surface area (Å²) in [6.45, 7) is 3.16. The Bertz CT molecular complexity index is 1150. The average molecular weight is 436 g/mol. The Morgan fingerprint density at radius 1 is 1.29 bits per heavy atom. The zero-order valence-electron chi connectivity index (χ0n) is 17.3. The van der Waals surface area contributed by atoms with E-state index in [-0.39, 0.29) is 17.0 Å². The number of nitrogens with one attached hydrogen (secondary N) is 1. The van der Waals surface area contributed by atoms with E-state index < -0.39 is 10.8 Å². The molecule has 2 aromatic rings. The summed E-state index contributed by atoms with van der Waals surface area (Å²) in [6.07, 6.45) is 0. The Hall–Kier alpha value is -3.57. The number of carbonyl (C=O) groups is 1. The highest BCUT2D eigenvalue weighted by Crippen LogP contribution is 2.44. The number of rotatable bonds is 7. The number of benzene rings is 2. The standard InChI is InChI=1S/C23H21N3O4S/c1-14-21(15(2)27)22(18-9-4-5-10-20(18)26(28)29)19(12-24)23(25-14)31-13-16-7-6-8-17(11-16)30-3/h4-11,22,25H,13H2,1-3H3/t22-/m1/s1. The van der Waals surface area contributed by atoms with Gasteiger partial charge in [0.25, 0.3) is 5.69 Å². The van der Waals surface area contributed by atoms with Crippen LogP contribution in [0, 0.1) is 21.4 Å². The Labute approximate surface area is 184 Å². The molecule has 0 spiro atoms. The van der Waals surface area contributed by atoms with E-state index in [1.807, 2.05) is 24.3 Å². The third-order valence-electron chi connectivity index (χ3n) is 4.99. The number of allylic oxidation sites excluding steroid dienone is 3. The van der Waals surface area contributed by atoms with Crippen molar-refractivity contribution in [3.05, 3.63) is 91.6 Å². The lowest BCUT2D eigenvalue weighted by Crippen LogP contribution is -2.27. The number of dihydropyridines is 1. The van der Waals surface area contributed by atoms with Crippen molar-refractivity contribution in [1.82, 2.24) is 5.32 Å². The summed E-state index contributed by atoms with van der Waals surface area (Å²) in [6, 6.07) is 16.0. The molecule has 0 unspecified atom stereocenters. The van der Waals surface area contributed by atoms with Gasteiger partial charge in [-0.25, -0.2) is 0 Å². The van der Waals surface area contributed by atoms with Crippen molar-refractivity contribution in [3.63, 3.8) is 0 Å². The SMILES string of the molecule is COc1cccc(CSC2=C(C#N)[C@@H](c3ccccc3[N+](=O)[O-])C(C(C)=O)=C(C)N2)c1. The van der Waals surface area contributed by atoms with Gasteiger partial charge in [-0.3, -0.25) is 14.9 Å². The van der Waals surface area contributed by atoms with Crippen molar-refractivity contribution in [1.29, 1.82) is 5.26 Å². The number of nitrogens with zero attached hydrogens (tertiary/aromatic N) is 2. The first-order valence-corrected chi connectivity index (χ1v) is 10.5. The van der Waals surface area contributed by atoms with E-state index in [1.165, 1.54) is 24.8 Å². The van der Waals surface area contributed by atoms with Crippen LogP contribution in [-0.4, -0.2) is 17.8 Å². The quantitative estimate of drug-likeness (QED) is 0.491. The Morgan fingerprint density at radius 3 is 2.68 bits per heavy atom. The van der Waals surface area contributed by atoms with Gasteiger partial charge in [0.2, 0.25) is 0 Å². The van der Waals surface area contributed by atoms with Crippen LogP contribution in [0.25, 0.3) is 0 Å². The number of hydrogen-bond acceptors (Lipinski definition) is 7. The van der Waals surface area contributed by atoms with E-state index in [9.17, 15) is 20.2 Å². The number of para-hydroxylation sites is 1. The number of nitro groups is 1. The van der Waals surface area contributed by atoms with Crippen LogP contribution in [0.15, 0.2) is 70.4 Å². The van der Waals surface area contributed by atoms with Crippen molar-refractivity contribution < 1.29 is 14.5 Å². The van der Waals surface area contributed by atoms with Gasteiger partial charge in [-0.15, -0.1) is 11.8 Å². The maximum absolute atomic E-state index is 12.5. The summed E-state index contributed by atoms with van der Waals surface area (Å²) in [4.78, 5) is 23.6. The number of ether oxygens (including phenoxy) is 1. The number of thioether (sulfide) groups is 1. The third kappa shape index (κ3) is 4.62. The molecular weight excluding hydrogens is 414 g/mol. The molecule has 158 valence electrons. The predicted molar refractivity (Wildman–Crippen MR) is 119 cm³/mol. The molecule has 0 bridgehead atoms. The molecule has 0 saturated heterocycles. The lowest BCUT2D eigenvalue weighted by molar-refractivity contribution is -0.385. The second-order valence-corrected chi connectivity index (χ2v) is 7.95. The molecule has 8 heteroatoms. The van der Waals surface area contributed by atoms with Crippen LogP contribution in [0.5, 0.6) is 5.75 Å². The van der Waals surface area contributed by atoms with Crippen LogP contribution < -0.4 is 10.1 Å². The fourth-order valence-electron chi connectivity index (χ4n) is 3.62. The van der Waals surface area contributed by atoms with Crippen LogP contribution in [-0.2, 0) is 10.5 Å². The van der Waals surface area contributed by atoms with Crippen molar-refractivity contribution in [3.8, 4) is 11.8 Å². The van der Waals surface area contributed by atoms with Crippen LogP contribution in [0.2, 0.25) is 0 Å². The number of methoxy groups -OCH3 is 1. The maximum atomic E-state index is 12.5. The van der Waals surface area contributed by atoms with Gasteiger partial charge in [0, 0.05) is 28.7 Å². The summed E-state index contributed by atoms with van der Waals surface area (Å²) >= 11 is 1.41. The first-order valence-electron chi connectivity index (χ1n) is 9.49. The first kappa shape index (κ1) is 22.1. The van der Waals surface area contributed by atoms with E-state index in [0.29, 0.717) is 27.6 Å². The van der Waals surface area contributed by atoms with Crippen molar-refractivity contribution in [2.24, 2.45) is 0 Å². The molecule has 1 aliphatic rings. The molecule has 0 saturated carbocycles. The Morgan fingerprint density at radius 2 is 2.03 bits per heavy atom. The van der Waals surface area contributed by atoms with Gasteiger partial charge >= 0.3 is 0 Å².